The van der Waals surface area contributed by atoms with E-state index in [-0.39, 0.29) is 5.41 Å². The van der Waals surface area contributed by atoms with Crippen LogP contribution in [0.5, 0.6) is 0 Å². The highest BCUT2D eigenvalue weighted by molar-refractivity contribution is 9.09. The predicted octanol–water partition coefficient (Wildman–Crippen LogP) is 6.32. The van der Waals surface area contributed by atoms with Crippen LogP contribution >= 0.6 is 27.5 Å². The van der Waals surface area contributed by atoms with Crippen LogP contribution in [0.3, 0.4) is 0 Å². The van der Waals surface area contributed by atoms with Crippen molar-refractivity contribution in [2.45, 2.75) is 37.4 Å². The van der Waals surface area contributed by atoms with Gasteiger partial charge in [-0.2, -0.15) is 0 Å². The molecule has 1 atom stereocenters. The van der Waals surface area contributed by atoms with Crippen LogP contribution in [0.4, 0.5) is 0 Å². The maximum Gasteiger partial charge on any atom is 0.0438 e. The number of rotatable bonds is 3. The van der Waals surface area contributed by atoms with Crippen LogP contribution in [-0.4, -0.2) is 0 Å². The maximum absolute atomic E-state index is 6.06. The molecule has 20 heavy (non-hydrogen) atoms. The molecule has 0 saturated carbocycles. The van der Waals surface area contributed by atoms with E-state index in [2.05, 4.69) is 67.0 Å². The number of halogens is 2. The molecule has 2 aromatic rings. The zero-order valence-corrected chi connectivity index (χ0v) is 14.5. The molecule has 2 heteroatoms. The second-order valence-electron chi connectivity index (χ2n) is 6.14. The van der Waals surface area contributed by atoms with Gasteiger partial charge >= 0.3 is 0 Å². The minimum Gasteiger partial charge on any atom is -0.0843 e. The van der Waals surface area contributed by atoms with Crippen molar-refractivity contribution in [3.8, 4) is 0 Å². The van der Waals surface area contributed by atoms with Gasteiger partial charge in [-0.15, -0.1) is 0 Å². The van der Waals surface area contributed by atoms with Gasteiger partial charge in [-0.05, 0) is 40.7 Å². The molecule has 0 N–H and O–H groups in total. The van der Waals surface area contributed by atoms with E-state index in [1.165, 1.54) is 16.7 Å². The minimum atomic E-state index is 0.150. The molecule has 0 aliphatic carbocycles. The Morgan fingerprint density at radius 2 is 1.75 bits per heavy atom. The molecule has 2 aromatic carbocycles. The van der Waals surface area contributed by atoms with Crippen molar-refractivity contribution < 1.29 is 0 Å². The summed E-state index contributed by atoms with van der Waals surface area (Å²) < 4.78 is 0. The first-order valence-electron chi connectivity index (χ1n) is 6.86. The van der Waals surface area contributed by atoms with Crippen molar-refractivity contribution in [2.24, 2.45) is 0 Å². The molecule has 106 valence electrons. The summed E-state index contributed by atoms with van der Waals surface area (Å²) in [6, 6.07) is 16.7. The van der Waals surface area contributed by atoms with Crippen LogP contribution < -0.4 is 0 Å². The molecule has 0 amide bonds. The van der Waals surface area contributed by atoms with Gasteiger partial charge in [-0.3, -0.25) is 0 Å². The second kappa shape index (κ2) is 6.32. The highest BCUT2D eigenvalue weighted by Gasteiger charge is 2.21. The van der Waals surface area contributed by atoms with E-state index in [0.717, 1.165) is 11.4 Å². The molecule has 0 heterocycles. The molecule has 0 aliphatic rings. The van der Waals surface area contributed by atoms with E-state index < -0.39 is 0 Å². The summed E-state index contributed by atoms with van der Waals surface area (Å²) in [5, 5.41) is 0.798. The summed E-state index contributed by atoms with van der Waals surface area (Å²) in [6.07, 6.45) is 0.938. The van der Waals surface area contributed by atoms with Gasteiger partial charge in [-0.1, -0.05) is 84.7 Å². The third-order valence-corrected chi connectivity index (χ3v) is 4.46. The average molecular weight is 352 g/mol. The van der Waals surface area contributed by atoms with Crippen LogP contribution in [0, 0.1) is 0 Å². The van der Waals surface area contributed by atoms with Crippen molar-refractivity contribution in [1.29, 1.82) is 0 Å². The highest BCUT2D eigenvalue weighted by Crippen LogP contribution is 2.35. The first-order valence-corrected chi connectivity index (χ1v) is 8.15. The lowest BCUT2D eigenvalue weighted by Crippen LogP contribution is -2.15. The fourth-order valence-electron chi connectivity index (χ4n) is 2.43. The predicted molar refractivity (Wildman–Crippen MR) is 92.0 cm³/mol. The van der Waals surface area contributed by atoms with E-state index >= 15 is 0 Å². The van der Waals surface area contributed by atoms with E-state index in [4.69, 9.17) is 11.6 Å². The summed E-state index contributed by atoms with van der Waals surface area (Å²) in [5.41, 5.74) is 4.16. The Morgan fingerprint density at radius 1 is 1.05 bits per heavy atom. The number of alkyl halides is 1. The van der Waals surface area contributed by atoms with E-state index in [1.807, 2.05) is 18.2 Å². The van der Waals surface area contributed by atoms with E-state index in [1.54, 1.807) is 0 Å². The Bertz CT molecular complexity index is 584. The van der Waals surface area contributed by atoms with Gasteiger partial charge in [0.05, 0.1) is 0 Å². The standard InChI is InChI=1S/C18H20BrCl/c1-18(2,3)16-10-5-4-9-15(16)17(19)12-13-7-6-8-14(20)11-13/h4-11,17H,12H2,1-3H3. The summed E-state index contributed by atoms with van der Waals surface area (Å²) >= 11 is 9.91. The van der Waals surface area contributed by atoms with Crippen molar-refractivity contribution in [1.82, 2.24) is 0 Å². The Balaban J connectivity index is 2.28. The Kier molecular flexibility index (Phi) is 4.93. The van der Waals surface area contributed by atoms with Crippen LogP contribution in [0.15, 0.2) is 48.5 Å². The highest BCUT2D eigenvalue weighted by atomic mass is 79.9. The van der Waals surface area contributed by atoms with Crippen LogP contribution in [0.25, 0.3) is 0 Å². The smallest absolute Gasteiger partial charge is 0.0438 e. The third-order valence-electron chi connectivity index (χ3n) is 3.41. The SMILES string of the molecule is CC(C)(C)c1ccccc1C(Br)Cc1cccc(Cl)c1. The summed E-state index contributed by atoms with van der Waals surface area (Å²) in [6.45, 7) is 6.76. The second-order valence-corrected chi connectivity index (χ2v) is 7.68. The van der Waals surface area contributed by atoms with Crippen LogP contribution in [-0.2, 0) is 11.8 Å². The molecule has 1 unspecified atom stereocenters. The van der Waals surface area contributed by atoms with Gasteiger partial charge in [0, 0.05) is 9.85 Å². The fraction of sp³-hybridized carbons (Fsp3) is 0.333. The van der Waals surface area contributed by atoms with Crippen LogP contribution in [0.2, 0.25) is 5.02 Å². The molecule has 2 rings (SSSR count). The molecule has 0 spiro atoms. The van der Waals surface area contributed by atoms with Crippen molar-refractivity contribution in [3.63, 3.8) is 0 Å². The molecular weight excluding hydrogens is 332 g/mol. The maximum atomic E-state index is 6.06. The third kappa shape index (κ3) is 3.86. The van der Waals surface area contributed by atoms with Gasteiger partial charge in [-0.25, -0.2) is 0 Å². The van der Waals surface area contributed by atoms with E-state index in [9.17, 15) is 0 Å². The van der Waals surface area contributed by atoms with Gasteiger partial charge in [0.15, 0.2) is 0 Å². The van der Waals surface area contributed by atoms with Crippen molar-refractivity contribution in [3.05, 3.63) is 70.2 Å². The lowest BCUT2D eigenvalue weighted by Gasteiger charge is -2.25. The van der Waals surface area contributed by atoms with Gasteiger partial charge in [0.25, 0.3) is 0 Å². The average Bonchev–Trinajstić information content (AvgIpc) is 2.37. The summed E-state index contributed by atoms with van der Waals surface area (Å²) in [4.78, 5) is 0.302. The Morgan fingerprint density at radius 3 is 2.40 bits per heavy atom. The normalized spacial score (nSPS) is 13.2. The van der Waals surface area contributed by atoms with Gasteiger partial charge < -0.3 is 0 Å². The summed E-state index contributed by atoms with van der Waals surface area (Å²) in [5.74, 6) is 0. The molecule has 0 radical (unpaired) electrons. The topological polar surface area (TPSA) is 0 Å². The van der Waals surface area contributed by atoms with Crippen molar-refractivity contribution >= 4 is 27.5 Å². The monoisotopic (exact) mass is 350 g/mol. The lowest BCUT2D eigenvalue weighted by molar-refractivity contribution is 0.581. The minimum absolute atomic E-state index is 0.150. The zero-order valence-electron chi connectivity index (χ0n) is 12.2. The number of hydrogen-bond acceptors (Lipinski definition) is 0. The summed E-state index contributed by atoms with van der Waals surface area (Å²) in [7, 11) is 0. The molecule has 0 aliphatic heterocycles. The lowest BCUT2D eigenvalue weighted by atomic mass is 9.82. The van der Waals surface area contributed by atoms with Gasteiger partial charge in [0.2, 0.25) is 0 Å². The first kappa shape index (κ1) is 15.6. The zero-order chi connectivity index (χ0) is 14.8. The quantitative estimate of drug-likeness (QED) is 0.568. The first-order chi connectivity index (χ1) is 9.38. The van der Waals surface area contributed by atoms with Crippen LogP contribution in [0.1, 0.15) is 42.3 Å². The Hall–Kier alpha value is -0.790. The number of benzene rings is 2. The Labute approximate surface area is 135 Å². The van der Waals surface area contributed by atoms with Crippen molar-refractivity contribution in [2.75, 3.05) is 0 Å². The molecule has 0 fully saturated rings. The van der Waals surface area contributed by atoms with Gasteiger partial charge in [0.1, 0.15) is 0 Å². The molecular formula is C18H20BrCl. The molecule has 0 bridgehead atoms. The van der Waals surface area contributed by atoms with E-state index in [0.29, 0.717) is 4.83 Å². The number of hydrogen-bond donors (Lipinski definition) is 0. The largest absolute Gasteiger partial charge is 0.0843 e. The molecule has 0 saturated heterocycles. The fourth-order valence-corrected chi connectivity index (χ4v) is 3.42. The molecule has 0 aromatic heterocycles. The molecule has 0 nitrogen and oxygen atoms in total.